The average molecular weight is 344 g/mol. The fourth-order valence-corrected chi connectivity index (χ4v) is 2.34. The predicted molar refractivity (Wildman–Crippen MR) is 79.9 cm³/mol. The van der Waals surface area contributed by atoms with Crippen LogP contribution >= 0.6 is 15.9 Å². The maximum Gasteiger partial charge on any atom is 0.339 e. The maximum absolute atomic E-state index is 12.0. The molecule has 0 aliphatic rings. The number of hydrogen-bond donors (Lipinski definition) is 1. The molecule has 0 bridgehead atoms. The molecular formula is C14H18BrNO4. The van der Waals surface area contributed by atoms with Gasteiger partial charge in [0.2, 0.25) is 5.91 Å². The van der Waals surface area contributed by atoms with Crippen molar-refractivity contribution in [2.24, 2.45) is 5.92 Å². The molecule has 110 valence electrons. The van der Waals surface area contributed by atoms with E-state index in [-0.39, 0.29) is 11.8 Å². The molecule has 0 aliphatic carbocycles. The number of hydrogen-bond acceptors (Lipinski definition) is 4. The standard InChI is InChI=1S/C14H18BrNO4/c1-8(7-19-3)13(17)16-11-6-5-10(15)12(9(11)2)14(18)20-4/h5-6,8H,7H2,1-4H3,(H,16,17)/t8-/m0/s1. The van der Waals surface area contributed by atoms with Crippen molar-refractivity contribution in [3.8, 4) is 0 Å². The molecule has 0 saturated heterocycles. The fraction of sp³-hybridized carbons (Fsp3) is 0.429. The number of halogens is 1. The topological polar surface area (TPSA) is 64.6 Å². The third kappa shape index (κ3) is 3.80. The highest BCUT2D eigenvalue weighted by atomic mass is 79.9. The van der Waals surface area contributed by atoms with Crippen LogP contribution in [0.25, 0.3) is 0 Å². The van der Waals surface area contributed by atoms with Gasteiger partial charge >= 0.3 is 5.97 Å². The van der Waals surface area contributed by atoms with Crippen LogP contribution in [0.4, 0.5) is 5.69 Å². The lowest BCUT2D eigenvalue weighted by atomic mass is 10.1. The molecule has 1 atom stereocenters. The summed E-state index contributed by atoms with van der Waals surface area (Å²) in [6, 6.07) is 3.44. The Morgan fingerprint density at radius 3 is 2.55 bits per heavy atom. The number of methoxy groups -OCH3 is 2. The summed E-state index contributed by atoms with van der Waals surface area (Å²) in [6.07, 6.45) is 0. The normalized spacial score (nSPS) is 11.8. The summed E-state index contributed by atoms with van der Waals surface area (Å²) in [5, 5.41) is 2.79. The summed E-state index contributed by atoms with van der Waals surface area (Å²) in [6.45, 7) is 3.87. The molecule has 1 aromatic carbocycles. The van der Waals surface area contributed by atoms with E-state index < -0.39 is 5.97 Å². The van der Waals surface area contributed by atoms with E-state index in [9.17, 15) is 9.59 Å². The van der Waals surface area contributed by atoms with Crippen LogP contribution in [-0.4, -0.2) is 32.7 Å². The van der Waals surface area contributed by atoms with Gasteiger partial charge in [-0.15, -0.1) is 0 Å². The molecule has 1 aromatic rings. The zero-order valence-electron chi connectivity index (χ0n) is 12.0. The van der Waals surface area contributed by atoms with Gasteiger partial charge in [0.25, 0.3) is 0 Å². The van der Waals surface area contributed by atoms with Gasteiger partial charge in [-0.3, -0.25) is 4.79 Å². The minimum absolute atomic E-state index is 0.159. The number of esters is 1. The highest BCUT2D eigenvalue weighted by Crippen LogP contribution is 2.27. The Bertz CT molecular complexity index is 516. The van der Waals surface area contributed by atoms with Gasteiger partial charge in [-0.1, -0.05) is 6.92 Å². The quantitative estimate of drug-likeness (QED) is 0.835. The number of nitrogens with one attached hydrogen (secondary N) is 1. The van der Waals surface area contributed by atoms with Gasteiger partial charge in [-0.2, -0.15) is 0 Å². The van der Waals surface area contributed by atoms with Crippen molar-refractivity contribution >= 4 is 33.5 Å². The fourth-order valence-electron chi connectivity index (χ4n) is 1.75. The third-order valence-electron chi connectivity index (χ3n) is 2.93. The zero-order chi connectivity index (χ0) is 15.3. The Balaban J connectivity index is 3.03. The number of benzene rings is 1. The molecule has 0 aliphatic heterocycles. The summed E-state index contributed by atoms with van der Waals surface area (Å²) >= 11 is 3.31. The summed E-state index contributed by atoms with van der Waals surface area (Å²) in [5.74, 6) is -0.881. The molecule has 0 radical (unpaired) electrons. The highest BCUT2D eigenvalue weighted by Gasteiger charge is 2.19. The van der Waals surface area contributed by atoms with Crippen molar-refractivity contribution in [3.05, 3.63) is 27.7 Å². The SMILES string of the molecule is COC[C@H](C)C(=O)Nc1ccc(Br)c(C(=O)OC)c1C. The molecule has 0 fully saturated rings. The Morgan fingerprint density at radius 1 is 1.35 bits per heavy atom. The lowest BCUT2D eigenvalue weighted by molar-refractivity contribution is -0.120. The maximum atomic E-state index is 12.0. The van der Waals surface area contributed by atoms with Crippen molar-refractivity contribution in [2.75, 3.05) is 26.1 Å². The molecular weight excluding hydrogens is 326 g/mol. The van der Waals surface area contributed by atoms with Crippen LogP contribution in [0.5, 0.6) is 0 Å². The third-order valence-corrected chi connectivity index (χ3v) is 3.59. The van der Waals surface area contributed by atoms with Gasteiger partial charge in [-0.05, 0) is 40.5 Å². The molecule has 20 heavy (non-hydrogen) atoms. The Kier molecular flexibility index (Phi) is 6.16. The molecule has 6 heteroatoms. The largest absolute Gasteiger partial charge is 0.465 e. The first-order valence-electron chi connectivity index (χ1n) is 6.09. The summed E-state index contributed by atoms with van der Waals surface area (Å²) < 4.78 is 10.3. The van der Waals surface area contributed by atoms with Gasteiger partial charge in [0, 0.05) is 17.3 Å². The van der Waals surface area contributed by atoms with E-state index in [2.05, 4.69) is 21.2 Å². The van der Waals surface area contributed by atoms with E-state index in [0.717, 1.165) is 0 Å². The van der Waals surface area contributed by atoms with E-state index in [1.807, 2.05) is 0 Å². The van der Waals surface area contributed by atoms with Crippen molar-refractivity contribution in [3.63, 3.8) is 0 Å². The molecule has 1 amide bonds. The van der Waals surface area contributed by atoms with Crippen LogP contribution in [0.15, 0.2) is 16.6 Å². The molecule has 5 nitrogen and oxygen atoms in total. The van der Waals surface area contributed by atoms with Crippen molar-refractivity contribution < 1.29 is 19.1 Å². The van der Waals surface area contributed by atoms with Crippen LogP contribution in [0.1, 0.15) is 22.8 Å². The van der Waals surface area contributed by atoms with Gasteiger partial charge in [-0.25, -0.2) is 4.79 Å². The summed E-state index contributed by atoms with van der Waals surface area (Å²) in [4.78, 5) is 23.7. The number of carbonyl (C=O) groups excluding carboxylic acids is 2. The number of carbonyl (C=O) groups is 2. The molecule has 0 aromatic heterocycles. The lowest BCUT2D eigenvalue weighted by Crippen LogP contribution is -2.24. The van der Waals surface area contributed by atoms with Gasteiger partial charge in [0.15, 0.2) is 0 Å². The first-order chi connectivity index (χ1) is 9.42. The van der Waals surface area contributed by atoms with Crippen LogP contribution in [0.3, 0.4) is 0 Å². The second-order valence-corrected chi connectivity index (χ2v) is 5.29. The first kappa shape index (κ1) is 16.7. The molecule has 0 saturated carbocycles. The highest BCUT2D eigenvalue weighted by molar-refractivity contribution is 9.10. The average Bonchev–Trinajstić information content (AvgIpc) is 2.41. The van der Waals surface area contributed by atoms with E-state index >= 15 is 0 Å². The van der Waals surface area contributed by atoms with Crippen LogP contribution in [-0.2, 0) is 14.3 Å². The summed E-state index contributed by atoms with van der Waals surface area (Å²) in [5.41, 5.74) is 1.65. The first-order valence-corrected chi connectivity index (χ1v) is 6.88. The number of ether oxygens (including phenoxy) is 2. The molecule has 0 heterocycles. The van der Waals surface area contributed by atoms with Crippen molar-refractivity contribution in [1.82, 2.24) is 0 Å². The monoisotopic (exact) mass is 343 g/mol. The number of anilines is 1. The van der Waals surface area contributed by atoms with Gasteiger partial charge < -0.3 is 14.8 Å². The minimum Gasteiger partial charge on any atom is -0.465 e. The Labute approximate surface area is 126 Å². The van der Waals surface area contributed by atoms with E-state index in [0.29, 0.717) is 27.9 Å². The lowest BCUT2D eigenvalue weighted by Gasteiger charge is -2.15. The van der Waals surface area contributed by atoms with E-state index in [1.165, 1.54) is 7.11 Å². The van der Waals surface area contributed by atoms with Crippen LogP contribution in [0.2, 0.25) is 0 Å². The summed E-state index contributed by atoms with van der Waals surface area (Å²) in [7, 11) is 2.87. The second-order valence-electron chi connectivity index (χ2n) is 4.43. The number of amides is 1. The van der Waals surface area contributed by atoms with Gasteiger partial charge in [0.1, 0.15) is 0 Å². The molecule has 0 spiro atoms. The molecule has 0 unspecified atom stereocenters. The van der Waals surface area contributed by atoms with E-state index in [4.69, 9.17) is 9.47 Å². The molecule has 1 rings (SSSR count). The van der Waals surface area contributed by atoms with Crippen molar-refractivity contribution in [1.29, 1.82) is 0 Å². The Hall–Kier alpha value is -1.40. The van der Waals surface area contributed by atoms with Crippen molar-refractivity contribution in [2.45, 2.75) is 13.8 Å². The van der Waals surface area contributed by atoms with E-state index in [1.54, 1.807) is 33.1 Å². The zero-order valence-corrected chi connectivity index (χ0v) is 13.5. The number of rotatable bonds is 5. The second kappa shape index (κ2) is 7.40. The van der Waals surface area contributed by atoms with Gasteiger partial charge in [0.05, 0.1) is 25.2 Å². The smallest absolute Gasteiger partial charge is 0.339 e. The minimum atomic E-state index is -0.449. The molecule has 1 N–H and O–H groups in total. The predicted octanol–water partition coefficient (Wildman–Crippen LogP) is 2.77. The van der Waals surface area contributed by atoms with Crippen LogP contribution < -0.4 is 5.32 Å². The Morgan fingerprint density at radius 2 is 2.00 bits per heavy atom. The van der Waals surface area contributed by atoms with Crippen LogP contribution in [0, 0.1) is 12.8 Å².